The molecule has 5 heteroatoms. The first-order valence-corrected chi connectivity index (χ1v) is 9.59. The Labute approximate surface area is 169 Å². The molecule has 3 aromatic rings. The molecule has 2 unspecified atom stereocenters. The van der Waals surface area contributed by atoms with Crippen LogP contribution >= 0.6 is 0 Å². The third-order valence-corrected chi connectivity index (χ3v) is 5.66. The first-order valence-electron chi connectivity index (χ1n) is 9.59. The zero-order valence-electron chi connectivity index (χ0n) is 16.3. The molecule has 4 rings (SSSR count). The average Bonchev–Trinajstić information content (AvgIpc) is 2.89. The minimum atomic E-state index is -0.552. The van der Waals surface area contributed by atoms with E-state index in [-0.39, 0.29) is 29.3 Å². The zero-order valence-corrected chi connectivity index (χ0v) is 16.3. The summed E-state index contributed by atoms with van der Waals surface area (Å²) in [6, 6.07) is 23.0. The normalized spacial score (nSPS) is 21.1. The first-order chi connectivity index (χ1) is 14.0. The number of benzene rings is 3. The number of benzodiazepines with no additional fused rings is 1. The van der Waals surface area contributed by atoms with Crippen LogP contribution in [0.3, 0.4) is 0 Å². The van der Waals surface area contributed by atoms with Gasteiger partial charge in [0.15, 0.2) is 6.04 Å². The Morgan fingerprint density at radius 1 is 1.07 bits per heavy atom. The number of likely N-dealkylation sites (N-methyl/N-ethyl adjacent to an activating group) is 1. The van der Waals surface area contributed by atoms with Crippen LogP contribution in [0.5, 0.6) is 0 Å². The first kappa shape index (κ1) is 19.2. The fraction of sp³-hybridized carbons (Fsp3) is 0.167. The van der Waals surface area contributed by atoms with Crippen molar-refractivity contribution in [1.82, 2.24) is 4.48 Å². The molecule has 1 heterocycles. The Balaban J connectivity index is 1.92. The van der Waals surface area contributed by atoms with Gasteiger partial charge in [-0.3, -0.25) is 20.0 Å². The molecule has 29 heavy (non-hydrogen) atoms. The van der Waals surface area contributed by atoms with E-state index in [1.165, 1.54) is 12.1 Å². The maximum atomic E-state index is 14.3. The SMILES string of the molecule is C[N+]1(CN)c2cc(F)ccc2C(c2ccccc2)=NCC1C(=O)c1ccccc1. The van der Waals surface area contributed by atoms with E-state index in [4.69, 9.17) is 10.7 Å². The van der Waals surface area contributed by atoms with E-state index < -0.39 is 6.04 Å². The summed E-state index contributed by atoms with van der Waals surface area (Å²) in [6.07, 6.45) is 0. The van der Waals surface area contributed by atoms with Crippen LogP contribution in [0.15, 0.2) is 83.9 Å². The number of carbonyl (C=O) groups excluding carboxylic acids is 1. The molecule has 0 spiro atoms. The molecule has 0 saturated heterocycles. The molecule has 0 fully saturated rings. The zero-order chi connectivity index (χ0) is 20.4. The van der Waals surface area contributed by atoms with Gasteiger partial charge in [0.25, 0.3) is 0 Å². The highest BCUT2D eigenvalue weighted by molar-refractivity contribution is 6.16. The topological polar surface area (TPSA) is 55.4 Å². The van der Waals surface area contributed by atoms with Gasteiger partial charge in [-0.15, -0.1) is 0 Å². The van der Waals surface area contributed by atoms with E-state index in [1.54, 1.807) is 18.2 Å². The Bertz CT molecular complexity index is 1070. The minimum Gasteiger partial charge on any atom is -0.287 e. The van der Waals surface area contributed by atoms with Gasteiger partial charge in [-0.1, -0.05) is 60.7 Å². The van der Waals surface area contributed by atoms with Crippen molar-refractivity contribution in [2.24, 2.45) is 10.7 Å². The molecule has 0 aromatic heterocycles. The lowest BCUT2D eigenvalue weighted by molar-refractivity contribution is 0.0867. The summed E-state index contributed by atoms with van der Waals surface area (Å²) in [4.78, 5) is 18.3. The second-order valence-corrected chi connectivity index (χ2v) is 7.41. The second kappa shape index (κ2) is 7.70. The van der Waals surface area contributed by atoms with Crippen LogP contribution in [0, 0.1) is 5.82 Å². The van der Waals surface area contributed by atoms with Crippen LogP contribution < -0.4 is 10.2 Å². The van der Waals surface area contributed by atoms with Crippen molar-refractivity contribution in [3.8, 4) is 0 Å². The number of aliphatic imine (C=N–C) groups is 1. The minimum absolute atomic E-state index is 0.0492. The number of nitrogens with two attached hydrogens (primary N) is 1. The lowest BCUT2D eigenvalue weighted by Crippen LogP contribution is -2.61. The van der Waals surface area contributed by atoms with Gasteiger partial charge in [-0.25, -0.2) is 4.39 Å². The number of halogens is 1. The number of Topliss-reactive ketones (excluding diaryl/α,β-unsaturated/α-hetero) is 1. The number of nitrogens with zero attached hydrogens (tertiary/aromatic N) is 2. The van der Waals surface area contributed by atoms with Crippen LogP contribution in [0.4, 0.5) is 10.1 Å². The van der Waals surface area contributed by atoms with E-state index >= 15 is 0 Å². The molecule has 0 saturated carbocycles. The van der Waals surface area contributed by atoms with E-state index in [2.05, 4.69) is 0 Å². The van der Waals surface area contributed by atoms with Crippen LogP contribution in [-0.4, -0.2) is 37.8 Å². The molecule has 0 amide bonds. The third kappa shape index (κ3) is 3.39. The summed E-state index contributed by atoms with van der Waals surface area (Å²) in [7, 11) is 1.88. The molecular formula is C24H23FN3O+. The number of quaternary nitrogens is 1. The lowest BCUT2D eigenvalue weighted by Gasteiger charge is -2.38. The van der Waals surface area contributed by atoms with E-state index in [0.29, 0.717) is 11.3 Å². The molecule has 3 aromatic carbocycles. The Morgan fingerprint density at radius 2 is 1.72 bits per heavy atom. The van der Waals surface area contributed by atoms with Gasteiger partial charge in [0.1, 0.15) is 18.2 Å². The maximum Gasteiger partial charge on any atom is 0.222 e. The molecule has 0 bridgehead atoms. The van der Waals surface area contributed by atoms with Crippen LogP contribution in [-0.2, 0) is 0 Å². The van der Waals surface area contributed by atoms with Gasteiger partial charge in [-0.05, 0) is 12.1 Å². The van der Waals surface area contributed by atoms with Gasteiger partial charge in [0, 0.05) is 17.2 Å². The number of carbonyl (C=O) groups is 1. The summed E-state index contributed by atoms with van der Waals surface area (Å²) < 4.78 is 14.4. The predicted molar refractivity (Wildman–Crippen MR) is 115 cm³/mol. The summed E-state index contributed by atoms with van der Waals surface area (Å²) >= 11 is 0. The Kier molecular flexibility index (Phi) is 5.09. The summed E-state index contributed by atoms with van der Waals surface area (Å²) in [5.41, 5.74) is 9.96. The number of hydrogen-bond donors (Lipinski definition) is 1. The van der Waals surface area contributed by atoms with E-state index in [9.17, 15) is 9.18 Å². The Hall–Kier alpha value is -3.15. The Morgan fingerprint density at radius 3 is 2.38 bits per heavy atom. The van der Waals surface area contributed by atoms with Crippen molar-refractivity contribution < 1.29 is 9.18 Å². The highest BCUT2D eigenvalue weighted by atomic mass is 19.1. The molecule has 2 atom stereocenters. The van der Waals surface area contributed by atoms with Crippen molar-refractivity contribution in [2.45, 2.75) is 6.04 Å². The highest BCUT2D eigenvalue weighted by Crippen LogP contribution is 2.34. The van der Waals surface area contributed by atoms with Crippen LogP contribution in [0.25, 0.3) is 0 Å². The molecule has 1 aliphatic heterocycles. The average molecular weight is 388 g/mol. The van der Waals surface area contributed by atoms with E-state index in [0.717, 1.165) is 16.8 Å². The lowest BCUT2D eigenvalue weighted by atomic mass is 9.97. The summed E-state index contributed by atoms with van der Waals surface area (Å²) in [5, 5.41) is 0. The number of fused-ring (bicyclic) bond motifs is 1. The quantitative estimate of drug-likeness (QED) is 0.546. The molecule has 0 radical (unpaired) electrons. The number of rotatable bonds is 4. The fourth-order valence-corrected chi connectivity index (χ4v) is 3.94. The molecule has 1 aliphatic rings. The molecule has 146 valence electrons. The highest BCUT2D eigenvalue weighted by Gasteiger charge is 2.43. The number of hydrogen-bond acceptors (Lipinski definition) is 3. The van der Waals surface area contributed by atoms with Gasteiger partial charge in [-0.2, -0.15) is 0 Å². The largest absolute Gasteiger partial charge is 0.287 e. The number of ketones is 1. The standard InChI is InChI=1S/C24H23FN3O/c1-28(16-26)21-14-19(25)12-13-20(21)23(17-8-4-2-5-9-17)27-15-22(28)24(29)18-10-6-3-7-11-18/h2-14,22H,15-16,26H2,1H3/q+1. The van der Waals surface area contributed by atoms with Gasteiger partial charge >= 0.3 is 0 Å². The second-order valence-electron chi connectivity index (χ2n) is 7.41. The van der Waals surface area contributed by atoms with Gasteiger partial charge < -0.3 is 0 Å². The molecule has 4 nitrogen and oxygen atoms in total. The molecular weight excluding hydrogens is 365 g/mol. The van der Waals surface area contributed by atoms with Crippen LogP contribution in [0.2, 0.25) is 0 Å². The van der Waals surface area contributed by atoms with Crippen molar-refractivity contribution in [2.75, 3.05) is 20.3 Å². The van der Waals surface area contributed by atoms with Crippen molar-refractivity contribution in [3.05, 3.63) is 101 Å². The van der Waals surface area contributed by atoms with Gasteiger partial charge in [0.2, 0.25) is 5.78 Å². The monoisotopic (exact) mass is 388 g/mol. The van der Waals surface area contributed by atoms with Crippen molar-refractivity contribution in [3.63, 3.8) is 0 Å². The maximum absolute atomic E-state index is 14.3. The molecule has 2 N–H and O–H groups in total. The van der Waals surface area contributed by atoms with Gasteiger partial charge in [0.05, 0.1) is 24.9 Å². The fourth-order valence-electron chi connectivity index (χ4n) is 3.94. The van der Waals surface area contributed by atoms with Crippen molar-refractivity contribution in [1.29, 1.82) is 0 Å². The molecule has 0 aliphatic carbocycles. The van der Waals surface area contributed by atoms with E-state index in [1.807, 2.05) is 55.6 Å². The smallest absolute Gasteiger partial charge is 0.222 e. The predicted octanol–water partition coefficient (Wildman–Crippen LogP) is 3.78. The summed E-state index contributed by atoms with van der Waals surface area (Å²) in [6.45, 7) is 0.416. The van der Waals surface area contributed by atoms with Crippen LogP contribution in [0.1, 0.15) is 21.5 Å². The third-order valence-electron chi connectivity index (χ3n) is 5.66. The van der Waals surface area contributed by atoms with Crippen molar-refractivity contribution >= 4 is 17.2 Å². The summed E-state index contributed by atoms with van der Waals surface area (Å²) in [5.74, 6) is -0.409.